The SMILES string of the molecule is Cc1ccccc1C(=O)Nc1cc(C(N)=O)c(Cl)cc1Cl. The van der Waals surface area contributed by atoms with Crippen molar-refractivity contribution in [2.45, 2.75) is 6.92 Å². The molecule has 0 heterocycles. The third-order valence-corrected chi connectivity index (χ3v) is 3.59. The van der Waals surface area contributed by atoms with Gasteiger partial charge in [0.15, 0.2) is 0 Å². The van der Waals surface area contributed by atoms with Crippen molar-refractivity contribution < 1.29 is 9.59 Å². The Morgan fingerprint density at radius 1 is 1.05 bits per heavy atom. The summed E-state index contributed by atoms with van der Waals surface area (Å²) in [5.74, 6) is -1.02. The van der Waals surface area contributed by atoms with Crippen molar-refractivity contribution in [1.82, 2.24) is 0 Å². The van der Waals surface area contributed by atoms with Crippen LogP contribution in [0.1, 0.15) is 26.3 Å². The van der Waals surface area contributed by atoms with Crippen LogP contribution in [0.3, 0.4) is 0 Å². The summed E-state index contributed by atoms with van der Waals surface area (Å²) in [6.45, 7) is 1.83. The summed E-state index contributed by atoms with van der Waals surface area (Å²) in [5.41, 5.74) is 6.95. The Labute approximate surface area is 131 Å². The highest BCUT2D eigenvalue weighted by atomic mass is 35.5. The molecular weight excluding hydrogens is 311 g/mol. The van der Waals surface area contributed by atoms with Crippen molar-refractivity contribution in [3.05, 3.63) is 63.1 Å². The van der Waals surface area contributed by atoms with Gasteiger partial charge in [-0.3, -0.25) is 9.59 Å². The van der Waals surface area contributed by atoms with Crippen molar-refractivity contribution in [2.24, 2.45) is 5.73 Å². The van der Waals surface area contributed by atoms with E-state index in [9.17, 15) is 9.59 Å². The fraction of sp³-hybridized carbons (Fsp3) is 0.0667. The highest BCUT2D eigenvalue weighted by molar-refractivity contribution is 6.38. The molecule has 0 aliphatic heterocycles. The number of aryl methyl sites for hydroxylation is 1. The highest BCUT2D eigenvalue weighted by Crippen LogP contribution is 2.29. The number of carbonyl (C=O) groups excluding carboxylic acids is 2. The largest absolute Gasteiger partial charge is 0.366 e. The van der Waals surface area contributed by atoms with Gasteiger partial charge in [-0.1, -0.05) is 41.4 Å². The van der Waals surface area contributed by atoms with Crippen molar-refractivity contribution in [3.63, 3.8) is 0 Å². The molecule has 0 atom stereocenters. The maximum Gasteiger partial charge on any atom is 0.255 e. The minimum absolute atomic E-state index is 0.0983. The fourth-order valence-corrected chi connectivity index (χ4v) is 2.37. The van der Waals surface area contributed by atoms with Gasteiger partial charge in [0.05, 0.1) is 21.3 Å². The van der Waals surface area contributed by atoms with Crippen molar-refractivity contribution in [3.8, 4) is 0 Å². The predicted molar refractivity (Wildman–Crippen MR) is 84.1 cm³/mol. The van der Waals surface area contributed by atoms with Gasteiger partial charge in [0.1, 0.15) is 0 Å². The third-order valence-electron chi connectivity index (χ3n) is 2.96. The molecule has 2 amide bonds. The molecule has 108 valence electrons. The summed E-state index contributed by atoms with van der Waals surface area (Å²) < 4.78 is 0. The topological polar surface area (TPSA) is 72.2 Å². The Morgan fingerprint density at radius 3 is 2.33 bits per heavy atom. The molecule has 0 saturated carbocycles. The number of anilines is 1. The van der Waals surface area contributed by atoms with E-state index in [4.69, 9.17) is 28.9 Å². The summed E-state index contributed by atoms with van der Waals surface area (Å²) in [7, 11) is 0. The Kier molecular flexibility index (Phi) is 4.50. The Hall–Kier alpha value is -2.04. The monoisotopic (exact) mass is 322 g/mol. The minimum Gasteiger partial charge on any atom is -0.366 e. The van der Waals surface area contributed by atoms with Gasteiger partial charge in [0.25, 0.3) is 5.91 Å². The van der Waals surface area contributed by atoms with Crippen LogP contribution in [-0.2, 0) is 0 Å². The number of nitrogens with two attached hydrogens (primary N) is 1. The Morgan fingerprint density at radius 2 is 1.71 bits per heavy atom. The van der Waals surface area contributed by atoms with Crippen LogP contribution in [0.25, 0.3) is 0 Å². The standard InChI is InChI=1S/C15H12Cl2N2O2/c1-8-4-2-3-5-9(8)15(21)19-13-6-10(14(18)20)11(16)7-12(13)17/h2-7H,1H3,(H2,18,20)(H,19,21). The molecule has 0 aliphatic rings. The van der Waals surface area contributed by atoms with E-state index in [1.165, 1.54) is 12.1 Å². The van der Waals surface area contributed by atoms with E-state index in [1.807, 2.05) is 19.1 Å². The fourth-order valence-electron chi connectivity index (χ4n) is 1.85. The van der Waals surface area contributed by atoms with Gasteiger partial charge in [0, 0.05) is 5.56 Å². The molecule has 0 radical (unpaired) electrons. The maximum absolute atomic E-state index is 12.2. The van der Waals surface area contributed by atoms with Gasteiger partial charge < -0.3 is 11.1 Å². The lowest BCUT2D eigenvalue weighted by atomic mass is 10.1. The number of hydrogen-bond donors (Lipinski definition) is 2. The Balaban J connectivity index is 2.36. The molecule has 4 nitrogen and oxygen atoms in total. The summed E-state index contributed by atoms with van der Waals surface area (Å²) in [6.07, 6.45) is 0. The second-order valence-corrected chi connectivity index (χ2v) is 5.26. The quantitative estimate of drug-likeness (QED) is 0.905. The van der Waals surface area contributed by atoms with Gasteiger partial charge in [-0.2, -0.15) is 0 Å². The zero-order valence-corrected chi connectivity index (χ0v) is 12.6. The lowest BCUT2D eigenvalue weighted by molar-refractivity contribution is 0.0996. The molecule has 2 aromatic rings. The molecule has 0 spiro atoms. The van der Waals surface area contributed by atoms with E-state index < -0.39 is 5.91 Å². The molecule has 0 saturated heterocycles. The molecule has 0 bridgehead atoms. The van der Waals surface area contributed by atoms with Crippen LogP contribution in [-0.4, -0.2) is 11.8 Å². The van der Waals surface area contributed by atoms with Gasteiger partial charge in [-0.25, -0.2) is 0 Å². The summed E-state index contributed by atoms with van der Waals surface area (Å²) in [6, 6.07) is 9.86. The number of rotatable bonds is 3. The first kappa shape index (κ1) is 15.4. The highest BCUT2D eigenvalue weighted by Gasteiger charge is 2.15. The maximum atomic E-state index is 12.2. The van der Waals surface area contributed by atoms with E-state index in [0.717, 1.165) is 5.56 Å². The first-order chi connectivity index (χ1) is 9.90. The van der Waals surface area contributed by atoms with Crippen molar-refractivity contribution in [1.29, 1.82) is 0 Å². The van der Waals surface area contributed by atoms with Crippen LogP contribution in [0.2, 0.25) is 10.0 Å². The molecule has 0 fully saturated rings. The minimum atomic E-state index is -0.692. The van der Waals surface area contributed by atoms with Crippen LogP contribution in [0.5, 0.6) is 0 Å². The molecular formula is C15H12Cl2N2O2. The number of hydrogen-bond acceptors (Lipinski definition) is 2. The molecule has 0 aliphatic carbocycles. The first-order valence-corrected chi connectivity index (χ1v) is 6.81. The second kappa shape index (κ2) is 6.16. The lowest BCUT2D eigenvalue weighted by Gasteiger charge is -2.11. The van der Waals surface area contributed by atoms with Crippen LogP contribution in [0.4, 0.5) is 5.69 Å². The molecule has 0 unspecified atom stereocenters. The average molecular weight is 323 g/mol. The molecule has 6 heteroatoms. The zero-order chi connectivity index (χ0) is 15.6. The van der Waals surface area contributed by atoms with E-state index in [-0.39, 0.29) is 27.2 Å². The smallest absolute Gasteiger partial charge is 0.255 e. The second-order valence-electron chi connectivity index (χ2n) is 4.45. The normalized spacial score (nSPS) is 10.2. The Bertz CT molecular complexity index is 730. The van der Waals surface area contributed by atoms with Crippen molar-refractivity contribution >= 4 is 40.7 Å². The molecule has 2 rings (SSSR count). The number of benzene rings is 2. The molecule has 3 N–H and O–H groups in total. The molecule has 0 aromatic heterocycles. The van der Waals surface area contributed by atoms with Crippen LogP contribution in [0.15, 0.2) is 36.4 Å². The third kappa shape index (κ3) is 3.35. The first-order valence-electron chi connectivity index (χ1n) is 6.06. The van der Waals surface area contributed by atoms with Gasteiger partial charge in [-0.15, -0.1) is 0 Å². The average Bonchev–Trinajstić information content (AvgIpc) is 2.41. The zero-order valence-electron chi connectivity index (χ0n) is 11.1. The summed E-state index contributed by atoms with van der Waals surface area (Å²) >= 11 is 11.9. The number of amides is 2. The molecule has 2 aromatic carbocycles. The van der Waals surface area contributed by atoms with Crippen LogP contribution in [0, 0.1) is 6.92 Å². The summed E-state index contributed by atoms with van der Waals surface area (Å²) in [5, 5.41) is 3.02. The van der Waals surface area contributed by atoms with E-state index in [1.54, 1.807) is 12.1 Å². The van der Waals surface area contributed by atoms with Gasteiger partial charge >= 0.3 is 0 Å². The lowest BCUT2D eigenvalue weighted by Crippen LogP contribution is -2.16. The van der Waals surface area contributed by atoms with Crippen LogP contribution >= 0.6 is 23.2 Å². The van der Waals surface area contributed by atoms with Crippen molar-refractivity contribution in [2.75, 3.05) is 5.32 Å². The van der Waals surface area contributed by atoms with E-state index >= 15 is 0 Å². The van der Waals surface area contributed by atoms with Crippen LogP contribution < -0.4 is 11.1 Å². The summed E-state index contributed by atoms with van der Waals surface area (Å²) in [4.78, 5) is 23.5. The molecule has 21 heavy (non-hydrogen) atoms. The van der Waals surface area contributed by atoms with Gasteiger partial charge in [-0.05, 0) is 30.7 Å². The number of nitrogens with one attached hydrogen (secondary N) is 1. The van der Waals surface area contributed by atoms with Gasteiger partial charge in [0.2, 0.25) is 5.91 Å². The predicted octanol–water partition coefficient (Wildman–Crippen LogP) is 3.65. The van der Waals surface area contributed by atoms with E-state index in [2.05, 4.69) is 5.32 Å². The number of primary amides is 1. The number of halogens is 2. The van der Waals surface area contributed by atoms with E-state index in [0.29, 0.717) is 5.56 Å². The number of carbonyl (C=O) groups is 2.